The highest BCUT2D eigenvalue weighted by Crippen LogP contribution is 2.33. The van der Waals surface area contributed by atoms with Gasteiger partial charge in [-0.05, 0) is 48.1 Å². The second kappa shape index (κ2) is 5.62. The molecule has 1 aliphatic rings. The van der Waals surface area contributed by atoms with E-state index in [9.17, 15) is 10.1 Å². The first-order valence-electron chi connectivity index (χ1n) is 6.28. The molecule has 1 fully saturated rings. The van der Waals surface area contributed by atoms with Crippen molar-refractivity contribution in [2.75, 3.05) is 24.6 Å². The lowest BCUT2D eigenvalue weighted by molar-refractivity contribution is -0.384. The fourth-order valence-electron chi connectivity index (χ4n) is 2.26. The molecule has 0 N–H and O–H groups in total. The number of halogens is 1. The molecule has 1 atom stereocenters. The van der Waals surface area contributed by atoms with Crippen LogP contribution < -0.4 is 4.90 Å². The van der Waals surface area contributed by atoms with Gasteiger partial charge < -0.3 is 9.64 Å². The van der Waals surface area contributed by atoms with Crippen LogP contribution in [0.4, 0.5) is 11.4 Å². The van der Waals surface area contributed by atoms with Gasteiger partial charge in [-0.1, -0.05) is 6.92 Å². The average Bonchev–Trinajstić information content (AvgIpc) is 2.38. The smallest absolute Gasteiger partial charge is 0.293 e. The van der Waals surface area contributed by atoms with Crippen LogP contribution in [-0.2, 0) is 4.74 Å². The van der Waals surface area contributed by atoms with E-state index in [1.54, 1.807) is 6.07 Å². The van der Waals surface area contributed by atoms with Gasteiger partial charge in [0.05, 0.1) is 17.1 Å². The highest BCUT2D eigenvalue weighted by Gasteiger charge is 2.32. The molecule has 1 heterocycles. The van der Waals surface area contributed by atoms with Gasteiger partial charge in [-0.25, -0.2) is 0 Å². The predicted octanol–water partition coefficient (Wildman–Crippen LogP) is 3.20. The van der Waals surface area contributed by atoms with Gasteiger partial charge in [0.1, 0.15) is 5.69 Å². The zero-order chi connectivity index (χ0) is 14.0. The third-order valence-electron chi connectivity index (χ3n) is 3.56. The normalized spacial score (nSPS) is 23.4. The molecule has 104 valence electrons. The number of anilines is 1. The van der Waals surface area contributed by atoms with Crippen LogP contribution in [0.15, 0.2) is 18.2 Å². The maximum absolute atomic E-state index is 11.2. The molecule has 2 rings (SSSR count). The molecule has 1 aromatic rings. The van der Waals surface area contributed by atoms with Crippen molar-refractivity contribution in [1.29, 1.82) is 0 Å². The molecule has 1 saturated heterocycles. The van der Waals surface area contributed by atoms with E-state index in [4.69, 9.17) is 4.74 Å². The Kier molecular flexibility index (Phi) is 4.29. The SMILES string of the molecule is CCC1(C)CN(c2ccc(I)cc2[N+](=O)[O-])CCO1. The lowest BCUT2D eigenvalue weighted by Crippen LogP contribution is -2.50. The molecule has 0 radical (unpaired) electrons. The summed E-state index contributed by atoms with van der Waals surface area (Å²) in [5, 5.41) is 11.2. The number of nitrogens with zero attached hydrogens (tertiary/aromatic N) is 2. The molecular formula is C13H17IN2O3. The van der Waals surface area contributed by atoms with Crippen LogP contribution in [0.5, 0.6) is 0 Å². The Morgan fingerprint density at radius 2 is 2.32 bits per heavy atom. The zero-order valence-corrected chi connectivity index (χ0v) is 13.2. The Labute approximate surface area is 126 Å². The van der Waals surface area contributed by atoms with Gasteiger partial charge in [-0.2, -0.15) is 0 Å². The van der Waals surface area contributed by atoms with Crippen LogP contribution >= 0.6 is 22.6 Å². The molecule has 19 heavy (non-hydrogen) atoms. The predicted molar refractivity (Wildman–Crippen MR) is 82.7 cm³/mol. The first-order chi connectivity index (χ1) is 8.95. The number of hydrogen-bond acceptors (Lipinski definition) is 4. The minimum absolute atomic E-state index is 0.173. The molecule has 0 aliphatic carbocycles. The minimum Gasteiger partial charge on any atom is -0.372 e. The fraction of sp³-hybridized carbons (Fsp3) is 0.538. The van der Waals surface area contributed by atoms with Gasteiger partial charge in [-0.3, -0.25) is 10.1 Å². The third-order valence-corrected chi connectivity index (χ3v) is 4.23. The van der Waals surface area contributed by atoms with Crippen LogP contribution in [0.25, 0.3) is 0 Å². The highest BCUT2D eigenvalue weighted by molar-refractivity contribution is 14.1. The topological polar surface area (TPSA) is 55.6 Å². The summed E-state index contributed by atoms with van der Waals surface area (Å²) in [5.41, 5.74) is 0.635. The first kappa shape index (κ1) is 14.5. The van der Waals surface area contributed by atoms with Gasteiger partial charge in [0.2, 0.25) is 0 Å². The quantitative estimate of drug-likeness (QED) is 0.462. The first-order valence-corrected chi connectivity index (χ1v) is 7.36. The molecular weight excluding hydrogens is 359 g/mol. The highest BCUT2D eigenvalue weighted by atomic mass is 127. The molecule has 0 saturated carbocycles. The van der Waals surface area contributed by atoms with Crippen molar-refractivity contribution < 1.29 is 9.66 Å². The van der Waals surface area contributed by atoms with Crippen molar-refractivity contribution in [3.8, 4) is 0 Å². The van der Waals surface area contributed by atoms with Gasteiger partial charge in [0.25, 0.3) is 5.69 Å². The number of benzene rings is 1. The summed E-state index contributed by atoms with van der Waals surface area (Å²) in [6.45, 7) is 6.11. The van der Waals surface area contributed by atoms with E-state index in [0.29, 0.717) is 25.4 Å². The van der Waals surface area contributed by atoms with E-state index in [1.165, 1.54) is 0 Å². The van der Waals surface area contributed by atoms with Crippen molar-refractivity contribution in [2.45, 2.75) is 25.9 Å². The number of nitro benzene ring substituents is 1. The second-order valence-corrected chi connectivity index (χ2v) is 6.21. The third kappa shape index (κ3) is 3.17. The van der Waals surface area contributed by atoms with Gasteiger partial charge in [-0.15, -0.1) is 0 Å². The zero-order valence-electron chi connectivity index (χ0n) is 11.1. The van der Waals surface area contributed by atoms with Crippen molar-refractivity contribution in [3.63, 3.8) is 0 Å². The lowest BCUT2D eigenvalue weighted by atomic mass is 10.0. The lowest BCUT2D eigenvalue weighted by Gasteiger charge is -2.40. The summed E-state index contributed by atoms with van der Waals surface area (Å²) in [6.07, 6.45) is 0.891. The van der Waals surface area contributed by atoms with E-state index in [0.717, 1.165) is 9.99 Å². The summed E-state index contributed by atoms with van der Waals surface area (Å²) in [7, 11) is 0. The fourth-order valence-corrected chi connectivity index (χ4v) is 2.74. The van der Waals surface area contributed by atoms with Crippen LogP contribution in [0, 0.1) is 13.7 Å². The molecule has 0 spiro atoms. The van der Waals surface area contributed by atoms with Crippen LogP contribution in [0.1, 0.15) is 20.3 Å². The summed E-state index contributed by atoms with van der Waals surface area (Å²) >= 11 is 2.09. The van der Waals surface area contributed by atoms with E-state index in [-0.39, 0.29) is 16.2 Å². The molecule has 1 aliphatic heterocycles. The van der Waals surface area contributed by atoms with E-state index < -0.39 is 0 Å². The molecule has 0 aromatic heterocycles. The standard InChI is InChI=1S/C13H17IN2O3/c1-3-13(2)9-15(6-7-19-13)11-5-4-10(14)8-12(11)16(17)18/h4-5,8H,3,6-7,9H2,1-2H3. The maximum atomic E-state index is 11.2. The van der Waals surface area contributed by atoms with Crippen LogP contribution in [-0.4, -0.2) is 30.2 Å². The van der Waals surface area contributed by atoms with Crippen LogP contribution in [0.2, 0.25) is 0 Å². The molecule has 6 heteroatoms. The van der Waals surface area contributed by atoms with Crippen molar-refractivity contribution >= 4 is 34.0 Å². The molecule has 1 aromatic carbocycles. The van der Waals surface area contributed by atoms with Crippen LogP contribution in [0.3, 0.4) is 0 Å². The molecule has 1 unspecified atom stereocenters. The summed E-state index contributed by atoms with van der Waals surface area (Å²) in [6, 6.07) is 5.36. The van der Waals surface area contributed by atoms with Crippen molar-refractivity contribution in [3.05, 3.63) is 31.9 Å². The Morgan fingerprint density at radius 3 is 2.95 bits per heavy atom. The van der Waals surface area contributed by atoms with Crippen molar-refractivity contribution in [2.24, 2.45) is 0 Å². The summed E-state index contributed by atoms with van der Waals surface area (Å²) in [4.78, 5) is 12.9. The van der Waals surface area contributed by atoms with Gasteiger partial charge in [0.15, 0.2) is 0 Å². The molecule has 0 bridgehead atoms. The second-order valence-electron chi connectivity index (χ2n) is 4.96. The largest absolute Gasteiger partial charge is 0.372 e. The molecule has 5 nitrogen and oxygen atoms in total. The number of hydrogen-bond donors (Lipinski definition) is 0. The monoisotopic (exact) mass is 376 g/mol. The number of ether oxygens (including phenoxy) is 1. The average molecular weight is 376 g/mol. The summed E-state index contributed by atoms with van der Waals surface area (Å²) in [5.74, 6) is 0. The minimum atomic E-state index is -0.309. The Hall–Kier alpha value is -0.890. The Morgan fingerprint density at radius 1 is 1.58 bits per heavy atom. The summed E-state index contributed by atoms with van der Waals surface area (Å²) < 4.78 is 6.65. The van der Waals surface area contributed by atoms with Gasteiger partial charge >= 0.3 is 0 Å². The number of rotatable bonds is 3. The maximum Gasteiger partial charge on any atom is 0.293 e. The Bertz CT molecular complexity index is 495. The van der Waals surface area contributed by atoms with Crippen molar-refractivity contribution in [1.82, 2.24) is 0 Å². The molecule has 0 amide bonds. The van der Waals surface area contributed by atoms with E-state index in [2.05, 4.69) is 41.3 Å². The van der Waals surface area contributed by atoms with E-state index >= 15 is 0 Å². The van der Waals surface area contributed by atoms with E-state index in [1.807, 2.05) is 12.1 Å². The number of morpholine rings is 1. The number of nitro groups is 1. The van der Waals surface area contributed by atoms with Gasteiger partial charge in [0, 0.05) is 22.7 Å². The Balaban J connectivity index is 2.33.